The molecule has 2 aromatic carbocycles. The molecule has 2 amide bonds. The van der Waals surface area contributed by atoms with Gasteiger partial charge < -0.3 is 14.5 Å². The Morgan fingerprint density at radius 1 is 0.867 bits per heavy atom. The molecule has 0 aliphatic carbocycles. The molecule has 0 atom stereocenters. The zero-order valence-electron chi connectivity index (χ0n) is 17.9. The van der Waals surface area contributed by atoms with E-state index in [-0.39, 0.29) is 11.8 Å². The van der Waals surface area contributed by atoms with Crippen molar-refractivity contribution in [1.29, 1.82) is 0 Å². The Bertz CT molecular complexity index is 1020. The standard InChI is InChI=1S/C24H27N3O3/c1-16-13-17(2)15-18(14-16)27-23(28)21(19-7-5-6-8-20(19)30-4)22(24(27)29)26-11-9-25(3)10-12-26/h5-8,13-15H,9-12H2,1-4H3. The summed E-state index contributed by atoms with van der Waals surface area (Å²) in [5.41, 5.74) is 4.17. The van der Waals surface area contributed by atoms with Crippen molar-refractivity contribution in [1.82, 2.24) is 9.80 Å². The van der Waals surface area contributed by atoms with E-state index in [0.717, 1.165) is 24.2 Å². The lowest BCUT2D eigenvalue weighted by Gasteiger charge is -2.34. The second-order valence-electron chi connectivity index (χ2n) is 8.01. The van der Waals surface area contributed by atoms with Crippen LogP contribution in [0, 0.1) is 13.8 Å². The molecule has 2 aliphatic heterocycles. The van der Waals surface area contributed by atoms with Crippen LogP contribution in [0.2, 0.25) is 0 Å². The fraction of sp³-hybridized carbons (Fsp3) is 0.333. The van der Waals surface area contributed by atoms with Crippen LogP contribution in [-0.2, 0) is 9.59 Å². The topological polar surface area (TPSA) is 53.1 Å². The molecule has 2 aliphatic rings. The lowest BCUT2D eigenvalue weighted by molar-refractivity contribution is -0.120. The van der Waals surface area contributed by atoms with Gasteiger partial charge >= 0.3 is 0 Å². The number of hydrogen-bond donors (Lipinski definition) is 0. The van der Waals surface area contributed by atoms with Crippen LogP contribution in [0.25, 0.3) is 5.57 Å². The van der Waals surface area contributed by atoms with Crippen LogP contribution in [0.4, 0.5) is 5.69 Å². The third-order valence-electron chi connectivity index (χ3n) is 5.72. The normalized spacial score (nSPS) is 17.9. The van der Waals surface area contributed by atoms with Gasteiger partial charge in [0.1, 0.15) is 11.4 Å². The first-order valence-electron chi connectivity index (χ1n) is 10.2. The van der Waals surface area contributed by atoms with E-state index >= 15 is 0 Å². The van der Waals surface area contributed by atoms with E-state index in [2.05, 4.69) is 11.9 Å². The van der Waals surface area contributed by atoms with Crippen molar-refractivity contribution in [3.8, 4) is 5.75 Å². The molecule has 6 nitrogen and oxygen atoms in total. The van der Waals surface area contributed by atoms with Gasteiger partial charge in [0.25, 0.3) is 11.8 Å². The first-order valence-corrected chi connectivity index (χ1v) is 10.2. The summed E-state index contributed by atoms with van der Waals surface area (Å²) in [6.07, 6.45) is 0. The first-order chi connectivity index (χ1) is 14.4. The summed E-state index contributed by atoms with van der Waals surface area (Å²) >= 11 is 0. The zero-order chi connectivity index (χ0) is 21.4. The minimum atomic E-state index is -0.302. The van der Waals surface area contributed by atoms with Gasteiger partial charge in [0, 0.05) is 31.7 Å². The number of likely N-dealkylation sites (N-methyl/N-ethyl adjacent to an activating group) is 1. The maximum Gasteiger partial charge on any atom is 0.282 e. The van der Waals surface area contributed by atoms with Gasteiger partial charge in [0.15, 0.2) is 0 Å². The molecule has 2 aromatic rings. The summed E-state index contributed by atoms with van der Waals surface area (Å²) in [5.74, 6) is 0.0152. The van der Waals surface area contributed by atoms with E-state index in [1.54, 1.807) is 7.11 Å². The SMILES string of the molecule is COc1ccccc1C1=C(N2CCN(C)CC2)C(=O)N(c2cc(C)cc(C)c2)C1=O. The average molecular weight is 405 g/mol. The number of ether oxygens (including phenoxy) is 1. The number of aryl methyl sites for hydroxylation is 2. The molecular weight excluding hydrogens is 378 g/mol. The number of anilines is 1. The summed E-state index contributed by atoms with van der Waals surface area (Å²) in [5, 5.41) is 0. The van der Waals surface area contributed by atoms with Crippen molar-refractivity contribution in [2.75, 3.05) is 45.2 Å². The van der Waals surface area contributed by atoms with E-state index in [4.69, 9.17) is 4.74 Å². The largest absolute Gasteiger partial charge is 0.496 e. The highest BCUT2D eigenvalue weighted by molar-refractivity contribution is 6.45. The highest BCUT2D eigenvalue weighted by Gasteiger charge is 2.43. The van der Waals surface area contributed by atoms with Crippen molar-refractivity contribution >= 4 is 23.1 Å². The van der Waals surface area contributed by atoms with Crippen molar-refractivity contribution in [3.05, 3.63) is 64.9 Å². The fourth-order valence-corrected chi connectivity index (χ4v) is 4.25. The molecule has 0 unspecified atom stereocenters. The second kappa shape index (κ2) is 7.95. The predicted octanol–water partition coefficient (Wildman–Crippen LogP) is 2.84. The van der Waals surface area contributed by atoms with Gasteiger partial charge in [0.05, 0.1) is 18.4 Å². The molecule has 6 heteroatoms. The van der Waals surface area contributed by atoms with Crippen LogP contribution in [0.3, 0.4) is 0 Å². The van der Waals surface area contributed by atoms with E-state index in [9.17, 15) is 9.59 Å². The summed E-state index contributed by atoms with van der Waals surface area (Å²) in [4.78, 5) is 32.9. The van der Waals surface area contributed by atoms with Crippen LogP contribution in [0.1, 0.15) is 16.7 Å². The quantitative estimate of drug-likeness (QED) is 0.733. The second-order valence-corrected chi connectivity index (χ2v) is 8.01. The Balaban J connectivity index is 1.86. The number of rotatable bonds is 4. The third kappa shape index (κ3) is 3.48. The molecule has 4 rings (SSSR count). The van der Waals surface area contributed by atoms with Crippen LogP contribution in [0.15, 0.2) is 48.2 Å². The van der Waals surface area contributed by atoms with Gasteiger partial charge in [-0.1, -0.05) is 24.3 Å². The molecule has 156 valence electrons. The summed E-state index contributed by atoms with van der Waals surface area (Å²) in [6, 6.07) is 13.2. The molecule has 0 radical (unpaired) electrons. The van der Waals surface area contributed by atoms with Gasteiger partial charge in [0.2, 0.25) is 0 Å². The maximum absolute atomic E-state index is 13.7. The van der Waals surface area contributed by atoms with Crippen molar-refractivity contribution in [2.24, 2.45) is 0 Å². The number of carbonyl (C=O) groups excluding carboxylic acids is 2. The van der Waals surface area contributed by atoms with Crippen LogP contribution in [0.5, 0.6) is 5.75 Å². The van der Waals surface area contributed by atoms with Gasteiger partial charge in [-0.05, 0) is 50.2 Å². The Morgan fingerprint density at radius 3 is 2.13 bits per heavy atom. The Kier molecular flexibility index (Phi) is 5.35. The maximum atomic E-state index is 13.7. The summed E-state index contributed by atoms with van der Waals surface area (Å²) in [7, 11) is 3.65. The number of carbonyl (C=O) groups is 2. The summed E-state index contributed by atoms with van der Waals surface area (Å²) in [6.45, 7) is 7.02. The van der Waals surface area contributed by atoms with E-state index in [0.29, 0.717) is 41.4 Å². The number of methoxy groups -OCH3 is 1. The molecule has 1 saturated heterocycles. The lowest BCUT2D eigenvalue weighted by atomic mass is 10.0. The molecule has 0 bridgehead atoms. The number of benzene rings is 2. The zero-order valence-corrected chi connectivity index (χ0v) is 17.9. The molecule has 1 fully saturated rings. The van der Waals surface area contributed by atoms with Crippen LogP contribution < -0.4 is 9.64 Å². The van der Waals surface area contributed by atoms with Gasteiger partial charge in [-0.2, -0.15) is 0 Å². The van der Waals surface area contributed by atoms with Crippen molar-refractivity contribution in [3.63, 3.8) is 0 Å². The van der Waals surface area contributed by atoms with Gasteiger partial charge in [-0.3, -0.25) is 9.59 Å². The van der Waals surface area contributed by atoms with Crippen LogP contribution in [-0.4, -0.2) is 62.0 Å². The lowest BCUT2D eigenvalue weighted by Crippen LogP contribution is -2.46. The number of amides is 2. The van der Waals surface area contributed by atoms with Gasteiger partial charge in [-0.15, -0.1) is 0 Å². The van der Waals surface area contributed by atoms with Gasteiger partial charge in [-0.25, -0.2) is 4.90 Å². The Hall–Kier alpha value is -3.12. The number of para-hydroxylation sites is 1. The van der Waals surface area contributed by atoms with Crippen LogP contribution >= 0.6 is 0 Å². The smallest absolute Gasteiger partial charge is 0.282 e. The monoisotopic (exact) mass is 405 g/mol. The highest BCUT2D eigenvalue weighted by Crippen LogP contribution is 2.38. The predicted molar refractivity (Wildman–Crippen MR) is 117 cm³/mol. The first kappa shape index (κ1) is 20.2. The molecule has 0 N–H and O–H groups in total. The molecular formula is C24H27N3O3. The van der Waals surface area contributed by atoms with E-state index in [1.807, 2.05) is 61.2 Å². The van der Waals surface area contributed by atoms with Crippen molar-refractivity contribution in [2.45, 2.75) is 13.8 Å². The molecule has 30 heavy (non-hydrogen) atoms. The minimum absolute atomic E-state index is 0.268. The molecule has 0 saturated carbocycles. The Labute approximate surface area is 177 Å². The number of nitrogens with zero attached hydrogens (tertiary/aromatic N) is 3. The average Bonchev–Trinajstić information content (AvgIpc) is 2.98. The third-order valence-corrected chi connectivity index (χ3v) is 5.72. The Morgan fingerprint density at radius 2 is 1.50 bits per heavy atom. The van der Waals surface area contributed by atoms with E-state index in [1.165, 1.54) is 4.90 Å². The summed E-state index contributed by atoms with van der Waals surface area (Å²) < 4.78 is 5.53. The number of piperazine rings is 1. The van der Waals surface area contributed by atoms with E-state index < -0.39 is 0 Å². The highest BCUT2D eigenvalue weighted by atomic mass is 16.5. The molecule has 0 aromatic heterocycles. The number of imide groups is 1. The molecule has 0 spiro atoms. The van der Waals surface area contributed by atoms with Crippen molar-refractivity contribution < 1.29 is 14.3 Å². The fourth-order valence-electron chi connectivity index (χ4n) is 4.25. The molecule has 2 heterocycles. The number of hydrogen-bond acceptors (Lipinski definition) is 5. The minimum Gasteiger partial charge on any atom is -0.496 e.